The molecule has 22 nitrogen and oxygen atoms in total. The molecule has 0 saturated heterocycles. The van der Waals surface area contributed by atoms with Gasteiger partial charge in [-0.15, -0.1) is 0 Å². The second-order valence-electron chi connectivity index (χ2n) is 11.8. The summed E-state index contributed by atoms with van der Waals surface area (Å²) < 4.78 is 0. The Labute approximate surface area is 289 Å². The summed E-state index contributed by atoms with van der Waals surface area (Å²) in [5, 5.41) is 128. The van der Waals surface area contributed by atoms with Gasteiger partial charge in [0.15, 0.2) is 6.29 Å². The van der Waals surface area contributed by atoms with E-state index in [-0.39, 0.29) is 25.1 Å². The van der Waals surface area contributed by atoms with Crippen LogP contribution in [0.15, 0.2) is 12.3 Å². The Hall–Kier alpha value is -2.65. The van der Waals surface area contributed by atoms with Gasteiger partial charge in [0.05, 0.1) is 42.8 Å². The number of amides is 1. The molecule has 0 spiro atoms. The number of nitrogens with one attached hydrogen (secondary N) is 7. The molecule has 0 aliphatic carbocycles. The minimum absolute atomic E-state index is 0.0118. The van der Waals surface area contributed by atoms with E-state index in [1.165, 1.54) is 7.05 Å². The number of unbranched alkanes of at least 4 members (excludes halogenated alkanes) is 1. The summed E-state index contributed by atoms with van der Waals surface area (Å²) in [5.74, 6) is -3.95. The molecule has 50 heavy (non-hydrogen) atoms. The molecular weight excluding hydrogens is 672 g/mol. The van der Waals surface area contributed by atoms with Crippen molar-refractivity contribution in [3.63, 3.8) is 0 Å². The zero-order valence-corrected chi connectivity index (χ0v) is 28.2. The van der Waals surface area contributed by atoms with E-state index in [2.05, 4.69) is 43.8 Å². The van der Waals surface area contributed by atoms with E-state index in [0.717, 1.165) is 0 Å². The normalized spacial score (nSPS) is 18.6. The molecule has 0 aromatic rings. The lowest BCUT2D eigenvalue weighted by atomic mass is 10.0. The number of rotatable bonds is 31. The number of carbonyl (C=O) groups excluding carboxylic acids is 1. The number of aliphatic carboxylic acids is 2. The summed E-state index contributed by atoms with van der Waals surface area (Å²) in [5.41, 5.74) is 5.16. The molecule has 0 radical (unpaired) electrons. The summed E-state index contributed by atoms with van der Waals surface area (Å²) in [4.78, 5) is 34.6. The highest BCUT2D eigenvalue weighted by Gasteiger charge is 2.32. The molecule has 22 heteroatoms. The molecule has 1 amide bonds. The smallest absolute Gasteiger partial charge is 0.305 e. The molecule has 0 heterocycles. The van der Waals surface area contributed by atoms with Crippen LogP contribution >= 0.6 is 0 Å². The molecule has 0 aliphatic rings. The average Bonchev–Trinajstić information content (AvgIpc) is 3.01. The van der Waals surface area contributed by atoms with Crippen molar-refractivity contribution in [3.05, 3.63) is 12.3 Å². The first-order valence-corrected chi connectivity index (χ1v) is 16.0. The molecule has 294 valence electrons. The predicted octanol–water partition coefficient (Wildman–Crippen LogP) is -6.72. The Morgan fingerprint density at radius 3 is 1.56 bits per heavy atom. The van der Waals surface area contributed by atoms with Crippen molar-refractivity contribution in [2.24, 2.45) is 5.73 Å². The SMILES string of the molecule is C=C(O)C[C@H](NC)C(O)NCC(O)N[C@@H](CC(=O)O)C(O)NC(CCCC)C(O)N[C@@H](CC(=O)O)C(O)NCC(O)N[C@@H](CC(O)O)C(N)=O. The summed E-state index contributed by atoms with van der Waals surface area (Å²) in [7, 11) is 1.52. The number of primary amides is 1. The Kier molecular flexibility index (Phi) is 24.0. The molecule has 0 rings (SSSR count). The number of aliphatic hydroxyl groups is 9. The van der Waals surface area contributed by atoms with Gasteiger partial charge in [0, 0.05) is 32.0 Å². The molecule has 7 unspecified atom stereocenters. The van der Waals surface area contributed by atoms with Crippen molar-refractivity contribution in [1.82, 2.24) is 37.2 Å². The molecule has 20 N–H and O–H groups in total. The van der Waals surface area contributed by atoms with Crippen LogP contribution in [0.3, 0.4) is 0 Å². The first-order valence-electron chi connectivity index (χ1n) is 16.0. The topological polar surface area (TPSA) is 384 Å². The van der Waals surface area contributed by atoms with E-state index in [1.54, 1.807) is 0 Å². The van der Waals surface area contributed by atoms with Gasteiger partial charge < -0.3 is 67.2 Å². The number of aliphatic hydroxyl groups excluding tert-OH is 8. The van der Waals surface area contributed by atoms with Crippen LogP contribution in [0.4, 0.5) is 0 Å². The monoisotopic (exact) mass is 730 g/mol. The molecule has 0 aromatic heterocycles. The molecule has 0 fully saturated rings. The molecule has 0 bridgehead atoms. The van der Waals surface area contributed by atoms with Crippen molar-refractivity contribution in [1.29, 1.82) is 0 Å². The number of carboxylic acid groups (broad SMARTS) is 2. The Balaban J connectivity index is 5.64. The van der Waals surface area contributed by atoms with Gasteiger partial charge in [-0.1, -0.05) is 26.3 Å². The maximum Gasteiger partial charge on any atom is 0.305 e. The van der Waals surface area contributed by atoms with E-state index in [4.69, 9.17) is 15.9 Å². The minimum Gasteiger partial charge on any atom is -0.513 e. The van der Waals surface area contributed by atoms with Crippen molar-refractivity contribution < 1.29 is 70.6 Å². The predicted molar refractivity (Wildman–Crippen MR) is 175 cm³/mol. The fourth-order valence-electron chi connectivity index (χ4n) is 4.78. The molecule has 11 atom stereocenters. The van der Waals surface area contributed by atoms with Gasteiger partial charge in [-0.25, -0.2) is 0 Å². The number of hydrogen-bond donors (Lipinski definition) is 19. The Bertz CT molecular complexity index is 1000. The largest absolute Gasteiger partial charge is 0.513 e. The maximum absolute atomic E-state index is 11.6. The lowest BCUT2D eigenvalue weighted by Crippen LogP contribution is -2.62. The number of carboxylic acids is 2. The van der Waals surface area contributed by atoms with Crippen LogP contribution in [0.1, 0.15) is 51.9 Å². The van der Waals surface area contributed by atoms with Gasteiger partial charge in [-0.05, 0) is 13.5 Å². The highest BCUT2D eigenvalue weighted by molar-refractivity contribution is 5.79. The number of hydrogen-bond acceptors (Lipinski definition) is 19. The first kappa shape index (κ1) is 47.4. The fourth-order valence-corrected chi connectivity index (χ4v) is 4.78. The number of carbonyl (C=O) groups is 3. The Morgan fingerprint density at radius 2 is 1.12 bits per heavy atom. The van der Waals surface area contributed by atoms with Crippen LogP contribution in [-0.2, 0) is 14.4 Å². The van der Waals surface area contributed by atoms with Gasteiger partial charge in [-0.2, -0.15) is 0 Å². The second kappa shape index (κ2) is 25.3. The minimum atomic E-state index is -1.92. The fraction of sp³-hybridized carbons (Fsp3) is 0.821. The summed E-state index contributed by atoms with van der Waals surface area (Å²) in [6, 6.07) is -5.89. The van der Waals surface area contributed by atoms with E-state index >= 15 is 0 Å². The quantitative estimate of drug-likeness (QED) is 0.0233. The van der Waals surface area contributed by atoms with Crippen LogP contribution in [-0.4, -0.2) is 168 Å². The van der Waals surface area contributed by atoms with E-state index < -0.39 is 118 Å². The van der Waals surface area contributed by atoms with Crippen LogP contribution in [0.5, 0.6) is 0 Å². The molecule has 0 aliphatic heterocycles. The van der Waals surface area contributed by atoms with E-state index in [0.29, 0.717) is 12.8 Å². The first-order chi connectivity index (χ1) is 23.3. The summed E-state index contributed by atoms with van der Waals surface area (Å²) in [6.07, 6.45) is -12.2. The molecule has 0 aromatic carbocycles. The van der Waals surface area contributed by atoms with E-state index in [9.17, 15) is 60.3 Å². The molecular formula is C28H58N8O14. The van der Waals surface area contributed by atoms with Crippen LogP contribution in [0.2, 0.25) is 0 Å². The standard InChI is InChI=1S/C28H58N8O14/c1-4-5-6-14(35-28(50)18(10-23(44)45)34-20(39)12-31-25(47)16(30-3)7-13(2)37)27(49)36-17(9-22(42)43)26(48)32-11-19(38)33-15(24(29)46)8-21(40)41/h14-21,25-28,30-41,47-50H,2,4-12H2,1,3H3,(H2,29,46)(H,42,43)(H,44,45)/t14?,15-,16-,17-,18-,19?,20?,25?,26?,27?,28?/m0/s1. The summed E-state index contributed by atoms with van der Waals surface area (Å²) >= 11 is 0. The van der Waals surface area contributed by atoms with Crippen molar-refractivity contribution >= 4 is 17.8 Å². The van der Waals surface area contributed by atoms with Gasteiger partial charge >= 0.3 is 11.9 Å². The third-order valence-electron chi connectivity index (χ3n) is 7.41. The van der Waals surface area contributed by atoms with Gasteiger partial charge in [0.2, 0.25) is 5.91 Å². The lowest BCUT2D eigenvalue weighted by Gasteiger charge is -2.35. The van der Waals surface area contributed by atoms with Crippen molar-refractivity contribution in [2.45, 2.75) is 126 Å². The average molecular weight is 731 g/mol. The van der Waals surface area contributed by atoms with Crippen molar-refractivity contribution in [2.75, 3.05) is 20.1 Å². The van der Waals surface area contributed by atoms with Crippen molar-refractivity contribution in [3.8, 4) is 0 Å². The highest BCUT2D eigenvalue weighted by atomic mass is 16.5. The molecule has 0 saturated carbocycles. The van der Waals surface area contributed by atoms with E-state index in [1.807, 2.05) is 6.92 Å². The number of likely N-dealkylation sites (N-methyl/N-ethyl adjacent to an activating group) is 1. The maximum atomic E-state index is 11.6. The second-order valence-corrected chi connectivity index (χ2v) is 11.8. The third-order valence-corrected chi connectivity index (χ3v) is 7.41. The lowest BCUT2D eigenvalue weighted by molar-refractivity contribution is -0.139. The zero-order chi connectivity index (χ0) is 38.6. The van der Waals surface area contributed by atoms with Gasteiger partial charge in [0.25, 0.3) is 0 Å². The van der Waals surface area contributed by atoms with Crippen LogP contribution < -0.4 is 43.0 Å². The zero-order valence-electron chi connectivity index (χ0n) is 28.2. The van der Waals surface area contributed by atoms with Crippen LogP contribution in [0, 0.1) is 0 Å². The highest BCUT2D eigenvalue weighted by Crippen LogP contribution is 2.11. The summed E-state index contributed by atoms with van der Waals surface area (Å²) in [6.45, 7) is 4.36. The third kappa shape index (κ3) is 20.9. The van der Waals surface area contributed by atoms with Crippen LogP contribution in [0.25, 0.3) is 0 Å². The Morgan fingerprint density at radius 1 is 0.660 bits per heavy atom. The van der Waals surface area contributed by atoms with Gasteiger partial charge in [-0.3, -0.25) is 46.3 Å². The van der Waals surface area contributed by atoms with Gasteiger partial charge in [0.1, 0.15) is 37.4 Å². The number of nitrogens with two attached hydrogens (primary N) is 1.